The molecule has 5 N–H and O–H groups in total. The van der Waals surface area contributed by atoms with Crippen molar-refractivity contribution in [1.29, 1.82) is 0 Å². The normalized spacial score (nSPS) is 9.67. The smallest absolute Gasteiger partial charge is 0.373 e. The van der Waals surface area contributed by atoms with E-state index in [1.165, 1.54) is 0 Å². The summed E-state index contributed by atoms with van der Waals surface area (Å²) >= 11 is 0. The van der Waals surface area contributed by atoms with E-state index in [9.17, 15) is 14.4 Å². The Morgan fingerprint density at radius 3 is 2.10 bits per heavy atom. The number of carbonyl (C=O) groups excluding carboxylic acids is 5. The highest BCUT2D eigenvalue weighted by molar-refractivity contribution is 6.01. The maximum atomic E-state index is 12.3. The van der Waals surface area contributed by atoms with Gasteiger partial charge in [-0.05, 0) is 26.2 Å². The van der Waals surface area contributed by atoms with Gasteiger partial charge in [-0.3, -0.25) is 14.4 Å². The average Bonchev–Trinajstić information content (AvgIpc) is 2.70. The fourth-order valence-corrected chi connectivity index (χ4v) is 2.40. The number of hydrogen-bond acceptors (Lipinski definition) is 10. The number of rotatable bonds is 12. The van der Waals surface area contributed by atoms with Crippen LogP contribution in [0.15, 0.2) is 0 Å². The van der Waals surface area contributed by atoms with Crippen molar-refractivity contribution in [3.63, 3.8) is 0 Å². The van der Waals surface area contributed by atoms with Gasteiger partial charge >= 0.3 is 12.1 Å². The first kappa shape index (κ1) is 26.7. The van der Waals surface area contributed by atoms with E-state index in [2.05, 4.69) is 22.2 Å². The van der Waals surface area contributed by atoms with Crippen molar-refractivity contribution in [3.8, 4) is 0 Å². The van der Waals surface area contributed by atoms with Crippen molar-refractivity contribution in [2.45, 2.75) is 58.8 Å². The zero-order valence-electron chi connectivity index (χ0n) is 17.4. The van der Waals surface area contributed by atoms with E-state index in [0.717, 1.165) is 19.3 Å². The van der Waals surface area contributed by atoms with Gasteiger partial charge in [0.2, 0.25) is 0 Å². The molecule has 166 valence electrons. The van der Waals surface area contributed by atoms with Crippen LogP contribution in [0.25, 0.3) is 0 Å². The number of esters is 1. The summed E-state index contributed by atoms with van der Waals surface area (Å²) in [6.07, 6.45) is 4.56. The summed E-state index contributed by atoms with van der Waals surface area (Å²) in [6, 6.07) is 0. The van der Waals surface area contributed by atoms with E-state index >= 15 is 0 Å². The molecule has 0 saturated heterocycles. The van der Waals surface area contributed by atoms with Gasteiger partial charge in [0.15, 0.2) is 28.8 Å². The second-order valence-electron chi connectivity index (χ2n) is 6.17. The maximum absolute atomic E-state index is 12.3. The number of Topliss-reactive ketones (excluding diaryl/α,β-unsaturated/α-hetero) is 1. The number of nitrogens with one attached hydrogen (secondary N) is 1. The van der Waals surface area contributed by atoms with E-state index in [1.807, 2.05) is 0 Å². The molecule has 0 radical (unpaired) electrons. The summed E-state index contributed by atoms with van der Waals surface area (Å²) < 4.78 is 4.82. The Labute approximate surface area is 175 Å². The topological polar surface area (TPSA) is 184 Å². The van der Waals surface area contributed by atoms with Crippen LogP contribution in [0.2, 0.25) is 0 Å². The summed E-state index contributed by atoms with van der Waals surface area (Å²) in [4.78, 5) is 59.8. The van der Waals surface area contributed by atoms with Crippen molar-refractivity contribution in [2.75, 3.05) is 24.6 Å². The number of nitrogens with zero attached hydrogens (tertiary/aromatic N) is 2. The molecule has 0 aliphatic carbocycles. The Morgan fingerprint density at radius 1 is 0.933 bits per heavy atom. The number of nitrogen functional groups attached to an aromatic ring is 2. The first-order valence-electron chi connectivity index (χ1n) is 9.71. The molecule has 0 aliphatic rings. The number of hydrogen-bond donors (Lipinski definition) is 3. The number of ketones is 1. The highest BCUT2D eigenvalue weighted by Gasteiger charge is 2.20. The zero-order chi connectivity index (χ0) is 22.9. The van der Waals surface area contributed by atoms with Crippen LogP contribution in [0, 0.1) is 0 Å². The fourth-order valence-electron chi connectivity index (χ4n) is 2.40. The molecule has 0 bridgehead atoms. The molecule has 0 atom stereocenters. The number of amides is 1. The predicted molar refractivity (Wildman–Crippen MR) is 107 cm³/mol. The molecule has 1 aromatic heterocycles. The Morgan fingerprint density at radius 2 is 1.50 bits per heavy atom. The summed E-state index contributed by atoms with van der Waals surface area (Å²) in [6.45, 7) is 4.65. The van der Waals surface area contributed by atoms with Crippen LogP contribution in [0.5, 0.6) is 0 Å². The molecule has 0 saturated carbocycles. The minimum atomic E-state index is -0.462. The SMILES string of the molecule is CCCCCNC(=O)c1nc(N)c(C(=O)CCCCC(=O)OCC)nc1N.O=C=O. The van der Waals surface area contributed by atoms with Gasteiger partial charge in [0.05, 0.1) is 6.61 Å². The van der Waals surface area contributed by atoms with Crippen LogP contribution in [-0.2, 0) is 19.1 Å². The summed E-state index contributed by atoms with van der Waals surface area (Å²) in [7, 11) is 0. The van der Waals surface area contributed by atoms with Gasteiger partial charge in [-0.1, -0.05) is 19.8 Å². The molecule has 11 nitrogen and oxygen atoms in total. The number of unbranched alkanes of at least 4 members (excludes halogenated alkanes) is 3. The Hall–Kier alpha value is -3.33. The lowest BCUT2D eigenvalue weighted by Crippen LogP contribution is -2.28. The minimum Gasteiger partial charge on any atom is -0.466 e. The lowest BCUT2D eigenvalue weighted by atomic mass is 10.1. The molecule has 1 rings (SSSR count). The largest absolute Gasteiger partial charge is 0.466 e. The van der Waals surface area contributed by atoms with Crippen LogP contribution in [-0.4, -0.2) is 46.9 Å². The number of anilines is 2. The molecule has 1 amide bonds. The van der Waals surface area contributed by atoms with Crippen LogP contribution >= 0.6 is 0 Å². The van der Waals surface area contributed by atoms with Gasteiger partial charge in [-0.2, -0.15) is 9.59 Å². The quantitative estimate of drug-likeness (QED) is 0.251. The van der Waals surface area contributed by atoms with E-state index in [1.54, 1.807) is 6.92 Å². The van der Waals surface area contributed by atoms with Crippen LogP contribution in [0.1, 0.15) is 79.8 Å². The highest BCUT2D eigenvalue weighted by Crippen LogP contribution is 2.16. The second-order valence-corrected chi connectivity index (χ2v) is 6.17. The van der Waals surface area contributed by atoms with Crippen molar-refractivity contribution in [1.82, 2.24) is 15.3 Å². The van der Waals surface area contributed by atoms with E-state index < -0.39 is 5.91 Å². The second kappa shape index (κ2) is 15.6. The molecule has 30 heavy (non-hydrogen) atoms. The number of nitrogens with two attached hydrogens (primary N) is 2. The van der Waals surface area contributed by atoms with Crippen molar-refractivity contribution < 1.29 is 28.7 Å². The van der Waals surface area contributed by atoms with Crippen LogP contribution in [0.3, 0.4) is 0 Å². The fraction of sp³-hybridized carbons (Fsp3) is 0.579. The first-order chi connectivity index (χ1) is 14.3. The molecule has 0 unspecified atom stereocenters. The van der Waals surface area contributed by atoms with E-state index in [4.69, 9.17) is 25.8 Å². The Balaban J connectivity index is 0.00000263. The van der Waals surface area contributed by atoms with E-state index in [-0.39, 0.29) is 53.8 Å². The standard InChI is InChI=1S/C18H29N5O4.CO2/c1-3-5-8-11-21-18(26)15-17(20)22-14(16(19)23-15)12(24)9-6-7-10-13(25)27-4-2;2-1-3/h3-11H2,1-2H3,(H2,19,23)(H2,20,22)(H,21,26);. The molecule has 0 aromatic carbocycles. The summed E-state index contributed by atoms with van der Waals surface area (Å²) in [5.41, 5.74) is 11.4. The zero-order valence-corrected chi connectivity index (χ0v) is 17.4. The lowest BCUT2D eigenvalue weighted by molar-refractivity contribution is -0.191. The molecule has 11 heteroatoms. The van der Waals surface area contributed by atoms with E-state index in [0.29, 0.717) is 26.0 Å². The summed E-state index contributed by atoms with van der Waals surface area (Å²) in [5.74, 6) is -1.34. The molecule has 0 fully saturated rings. The highest BCUT2D eigenvalue weighted by atomic mass is 16.5. The Kier molecular flexibility index (Phi) is 13.8. The molecular formula is C19H29N5O6. The van der Waals surface area contributed by atoms with Gasteiger partial charge in [-0.25, -0.2) is 9.97 Å². The van der Waals surface area contributed by atoms with Gasteiger partial charge in [0, 0.05) is 19.4 Å². The van der Waals surface area contributed by atoms with Gasteiger partial charge in [0.25, 0.3) is 5.91 Å². The first-order valence-corrected chi connectivity index (χ1v) is 9.71. The molecular weight excluding hydrogens is 394 g/mol. The monoisotopic (exact) mass is 423 g/mol. The van der Waals surface area contributed by atoms with Crippen LogP contribution in [0.4, 0.5) is 11.6 Å². The molecule has 1 heterocycles. The van der Waals surface area contributed by atoms with Crippen molar-refractivity contribution in [2.24, 2.45) is 0 Å². The van der Waals surface area contributed by atoms with Crippen molar-refractivity contribution in [3.05, 3.63) is 11.4 Å². The number of carbonyl (C=O) groups is 3. The third kappa shape index (κ3) is 10.3. The molecule has 0 spiro atoms. The maximum Gasteiger partial charge on any atom is 0.373 e. The van der Waals surface area contributed by atoms with Gasteiger partial charge in [0.1, 0.15) is 0 Å². The minimum absolute atomic E-state index is 0.0498. The third-order valence-electron chi connectivity index (χ3n) is 3.83. The predicted octanol–water partition coefficient (Wildman–Crippen LogP) is 1.28. The lowest BCUT2D eigenvalue weighted by Gasteiger charge is -2.09. The Bertz CT molecular complexity index is 747. The number of aromatic nitrogens is 2. The van der Waals surface area contributed by atoms with Crippen molar-refractivity contribution >= 4 is 35.4 Å². The van der Waals surface area contributed by atoms with Crippen LogP contribution < -0.4 is 16.8 Å². The molecule has 1 aromatic rings. The van der Waals surface area contributed by atoms with Gasteiger partial charge in [-0.15, -0.1) is 0 Å². The third-order valence-corrected chi connectivity index (χ3v) is 3.83. The molecule has 0 aliphatic heterocycles. The van der Waals surface area contributed by atoms with Gasteiger partial charge < -0.3 is 21.5 Å². The number of ether oxygens (including phenoxy) is 1. The average molecular weight is 423 g/mol. The summed E-state index contributed by atoms with van der Waals surface area (Å²) in [5, 5.41) is 2.71.